The minimum absolute atomic E-state index is 0.656. The van der Waals surface area contributed by atoms with Gasteiger partial charge in [0, 0.05) is 13.0 Å². The Morgan fingerprint density at radius 3 is 2.87 bits per heavy atom. The fraction of sp³-hybridized carbons (Fsp3) is 0.818. The third-order valence-electron chi connectivity index (χ3n) is 3.22. The van der Waals surface area contributed by atoms with Crippen LogP contribution in [0, 0.1) is 5.92 Å². The Balaban J connectivity index is 1.93. The molecule has 0 unspecified atom stereocenters. The van der Waals surface area contributed by atoms with Gasteiger partial charge < -0.3 is 5.73 Å². The number of rotatable bonds is 4. The molecule has 1 aromatic rings. The third-order valence-corrected chi connectivity index (χ3v) is 3.22. The predicted molar refractivity (Wildman–Crippen MR) is 59.4 cm³/mol. The van der Waals surface area contributed by atoms with E-state index in [1.54, 1.807) is 6.33 Å². The van der Waals surface area contributed by atoms with E-state index in [9.17, 15) is 0 Å². The molecule has 1 aliphatic rings. The molecule has 1 heterocycles. The van der Waals surface area contributed by atoms with Crippen LogP contribution in [0.4, 0.5) is 0 Å². The summed E-state index contributed by atoms with van der Waals surface area (Å²) in [4.78, 5) is 4.24. The molecule has 4 nitrogen and oxygen atoms in total. The fourth-order valence-corrected chi connectivity index (χ4v) is 2.38. The van der Waals surface area contributed by atoms with Crippen LogP contribution < -0.4 is 5.73 Å². The maximum atomic E-state index is 5.54. The van der Waals surface area contributed by atoms with E-state index in [1.807, 2.05) is 4.68 Å². The van der Waals surface area contributed by atoms with Crippen LogP contribution >= 0.6 is 0 Å². The van der Waals surface area contributed by atoms with E-state index >= 15 is 0 Å². The van der Waals surface area contributed by atoms with Gasteiger partial charge in [-0.15, -0.1) is 0 Å². The zero-order chi connectivity index (χ0) is 10.5. The van der Waals surface area contributed by atoms with Gasteiger partial charge in [0.25, 0.3) is 0 Å². The Morgan fingerprint density at radius 1 is 1.33 bits per heavy atom. The summed E-state index contributed by atoms with van der Waals surface area (Å²) in [6.45, 7) is 1.69. The standard InChI is InChI=1S/C11H20N4/c12-7-6-11-13-9-14-15(11)8-10-4-2-1-3-5-10/h9-10H,1-8,12H2. The van der Waals surface area contributed by atoms with Crippen molar-refractivity contribution in [1.82, 2.24) is 14.8 Å². The van der Waals surface area contributed by atoms with E-state index in [0.717, 1.165) is 24.7 Å². The molecule has 15 heavy (non-hydrogen) atoms. The molecule has 1 aliphatic carbocycles. The first kappa shape index (κ1) is 10.6. The molecule has 0 aromatic carbocycles. The van der Waals surface area contributed by atoms with Gasteiger partial charge in [-0.1, -0.05) is 19.3 Å². The normalized spacial score (nSPS) is 18.2. The van der Waals surface area contributed by atoms with Crippen LogP contribution in [0.15, 0.2) is 6.33 Å². The molecule has 4 heteroatoms. The van der Waals surface area contributed by atoms with E-state index in [0.29, 0.717) is 6.54 Å². The molecule has 0 radical (unpaired) electrons. The average Bonchev–Trinajstić information content (AvgIpc) is 2.68. The molecule has 0 amide bonds. The van der Waals surface area contributed by atoms with E-state index < -0.39 is 0 Å². The number of aromatic nitrogens is 3. The molecule has 0 spiro atoms. The third kappa shape index (κ3) is 2.78. The Hall–Kier alpha value is -0.900. The zero-order valence-corrected chi connectivity index (χ0v) is 9.23. The smallest absolute Gasteiger partial charge is 0.138 e. The van der Waals surface area contributed by atoms with Crippen LogP contribution in [0.1, 0.15) is 37.9 Å². The lowest BCUT2D eigenvalue weighted by atomic mass is 9.89. The van der Waals surface area contributed by atoms with Crippen LogP contribution in [-0.4, -0.2) is 21.3 Å². The second kappa shape index (κ2) is 5.26. The number of hydrogen-bond donors (Lipinski definition) is 1. The molecule has 1 saturated carbocycles. The summed E-state index contributed by atoms with van der Waals surface area (Å²) in [5.74, 6) is 1.85. The first-order valence-corrected chi connectivity index (χ1v) is 5.97. The largest absolute Gasteiger partial charge is 0.330 e. The molecule has 1 fully saturated rings. The molecule has 1 aromatic heterocycles. The first-order valence-electron chi connectivity index (χ1n) is 5.97. The van der Waals surface area contributed by atoms with Crippen LogP contribution in [0.25, 0.3) is 0 Å². The molecule has 2 N–H and O–H groups in total. The summed E-state index contributed by atoms with van der Waals surface area (Å²) in [6, 6.07) is 0. The van der Waals surface area contributed by atoms with E-state index in [4.69, 9.17) is 5.73 Å². The number of nitrogens with two attached hydrogens (primary N) is 1. The van der Waals surface area contributed by atoms with Gasteiger partial charge in [-0.05, 0) is 25.3 Å². The van der Waals surface area contributed by atoms with Crippen LogP contribution in [0.5, 0.6) is 0 Å². The molecule has 0 bridgehead atoms. The average molecular weight is 208 g/mol. The van der Waals surface area contributed by atoms with Gasteiger partial charge in [-0.2, -0.15) is 5.10 Å². The predicted octanol–water partition coefficient (Wildman–Crippen LogP) is 1.36. The molecule has 0 aliphatic heterocycles. The summed E-state index contributed by atoms with van der Waals surface area (Å²) in [6.07, 6.45) is 9.35. The second-order valence-electron chi connectivity index (χ2n) is 4.40. The van der Waals surface area contributed by atoms with Crippen molar-refractivity contribution >= 4 is 0 Å². The van der Waals surface area contributed by atoms with Gasteiger partial charge >= 0.3 is 0 Å². The van der Waals surface area contributed by atoms with Crippen molar-refractivity contribution in [3.05, 3.63) is 12.2 Å². The Labute approximate surface area is 90.9 Å². The van der Waals surface area contributed by atoms with Crippen molar-refractivity contribution in [2.75, 3.05) is 6.54 Å². The molecule has 2 rings (SSSR count). The highest BCUT2D eigenvalue weighted by atomic mass is 15.3. The van der Waals surface area contributed by atoms with Crippen LogP contribution in [0.3, 0.4) is 0 Å². The van der Waals surface area contributed by atoms with Gasteiger partial charge in [0.15, 0.2) is 0 Å². The Kier molecular flexibility index (Phi) is 3.72. The van der Waals surface area contributed by atoms with Gasteiger partial charge in [0.1, 0.15) is 12.2 Å². The maximum absolute atomic E-state index is 5.54. The Morgan fingerprint density at radius 2 is 2.13 bits per heavy atom. The van der Waals surface area contributed by atoms with Crippen LogP contribution in [-0.2, 0) is 13.0 Å². The van der Waals surface area contributed by atoms with Crippen molar-refractivity contribution in [1.29, 1.82) is 0 Å². The molecular formula is C11H20N4. The highest BCUT2D eigenvalue weighted by Gasteiger charge is 2.15. The van der Waals surface area contributed by atoms with Crippen LogP contribution in [0.2, 0.25) is 0 Å². The van der Waals surface area contributed by atoms with Gasteiger partial charge in [0.05, 0.1) is 0 Å². The monoisotopic (exact) mass is 208 g/mol. The van der Waals surface area contributed by atoms with E-state index in [2.05, 4.69) is 10.1 Å². The highest BCUT2D eigenvalue weighted by molar-refractivity contribution is 4.86. The minimum atomic E-state index is 0.656. The van der Waals surface area contributed by atoms with Crippen molar-refractivity contribution in [3.63, 3.8) is 0 Å². The summed E-state index contributed by atoms with van der Waals surface area (Å²) >= 11 is 0. The van der Waals surface area contributed by atoms with Gasteiger partial charge in [-0.3, -0.25) is 0 Å². The Bertz CT molecular complexity index is 289. The maximum Gasteiger partial charge on any atom is 0.138 e. The topological polar surface area (TPSA) is 56.7 Å². The summed E-state index contributed by atoms with van der Waals surface area (Å²) < 4.78 is 2.04. The van der Waals surface area contributed by atoms with E-state index in [-0.39, 0.29) is 0 Å². The lowest BCUT2D eigenvalue weighted by Crippen LogP contribution is -2.18. The van der Waals surface area contributed by atoms with Crippen molar-refractivity contribution < 1.29 is 0 Å². The second-order valence-corrected chi connectivity index (χ2v) is 4.40. The highest BCUT2D eigenvalue weighted by Crippen LogP contribution is 2.24. The lowest BCUT2D eigenvalue weighted by Gasteiger charge is -2.21. The van der Waals surface area contributed by atoms with Gasteiger partial charge in [0.2, 0.25) is 0 Å². The lowest BCUT2D eigenvalue weighted by molar-refractivity contribution is 0.304. The van der Waals surface area contributed by atoms with Crippen molar-refractivity contribution in [3.8, 4) is 0 Å². The number of nitrogens with zero attached hydrogens (tertiary/aromatic N) is 3. The quantitative estimate of drug-likeness (QED) is 0.812. The molecule has 84 valence electrons. The minimum Gasteiger partial charge on any atom is -0.330 e. The number of hydrogen-bond acceptors (Lipinski definition) is 3. The molecule has 0 saturated heterocycles. The first-order chi connectivity index (χ1) is 7.40. The van der Waals surface area contributed by atoms with Crippen molar-refractivity contribution in [2.24, 2.45) is 11.7 Å². The van der Waals surface area contributed by atoms with Crippen molar-refractivity contribution in [2.45, 2.75) is 45.1 Å². The molecular weight excluding hydrogens is 188 g/mol. The summed E-state index contributed by atoms with van der Waals surface area (Å²) in [5, 5.41) is 4.28. The zero-order valence-electron chi connectivity index (χ0n) is 9.23. The SMILES string of the molecule is NCCc1ncnn1CC1CCCCC1. The molecule has 0 atom stereocenters. The summed E-state index contributed by atoms with van der Waals surface area (Å²) in [5.41, 5.74) is 5.54. The van der Waals surface area contributed by atoms with Gasteiger partial charge in [-0.25, -0.2) is 9.67 Å². The fourth-order valence-electron chi connectivity index (χ4n) is 2.38. The van der Waals surface area contributed by atoms with E-state index in [1.165, 1.54) is 32.1 Å². The summed E-state index contributed by atoms with van der Waals surface area (Å²) in [7, 11) is 0.